The van der Waals surface area contributed by atoms with E-state index in [1.807, 2.05) is 44.2 Å². The molecule has 0 saturated heterocycles. The van der Waals surface area contributed by atoms with Crippen molar-refractivity contribution in [2.45, 2.75) is 25.6 Å². The molecule has 4 rings (SSSR count). The number of rotatable bonds is 8. The quantitative estimate of drug-likeness (QED) is 0.244. The van der Waals surface area contributed by atoms with Gasteiger partial charge in [-0.25, -0.2) is 0 Å². The largest absolute Gasteiger partial charge is 0.616 e. The average molecular weight is 518 g/mol. The fourth-order valence-corrected chi connectivity index (χ4v) is 4.95. The van der Waals surface area contributed by atoms with E-state index in [0.29, 0.717) is 33.5 Å². The summed E-state index contributed by atoms with van der Waals surface area (Å²) in [5.41, 5.74) is 5.28. The van der Waals surface area contributed by atoms with Crippen molar-refractivity contribution in [1.82, 2.24) is 19.4 Å². The number of nitrogens with zero attached hydrogens (tertiary/aromatic N) is 2. The molecule has 0 aliphatic heterocycles. The summed E-state index contributed by atoms with van der Waals surface area (Å²) in [4.78, 5) is 29.1. The van der Waals surface area contributed by atoms with E-state index in [2.05, 4.69) is 10.3 Å². The second-order valence-corrected chi connectivity index (χ2v) is 10.9. The molecule has 8 nitrogen and oxygen atoms in total. The van der Waals surface area contributed by atoms with Gasteiger partial charge in [-0.1, -0.05) is 29.4 Å². The van der Waals surface area contributed by atoms with Gasteiger partial charge in [-0.2, -0.15) is 0 Å². The SMILES string of the molecule is CC(C)N/C=C(\C=N)c1cc2c(-c3cc(=O)n(C)cc3-c3cccc(C[S+](C)[O-])c3)cn(C)c(=O)c2[nH]1. The molecule has 0 fully saturated rings. The predicted molar refractivity (Wildman–Crippen MR) is 152 cm³/mol. The van der Waals surface area contributed by atoms with Crippen molar-refractivity contribution in [1.29, 1.82) is 5.41 Å². The summed E-state index contributed by atoms with van der Waals surface area (Å²) in [6.45, 7) is 4.00. The van der Waals surface area contributed by atoms with Crippen LogP contribution in [-0.4, -0.2) is 37.2 Å². The number of fused-ring (bicyclic) bond motifs is 1. The predicted octanol–water partition coefficient (Wildman–Crippen LogP) is 3.77. The van der Waals surface area contributed by atoms with Crippen LogP contribution in [0.1, 0.15) is 25.1 Å². The van der Waals surface area contributed by atoms with Gasteiger partial charge < -0.3 is 29.4 Å². The zero-order valence-electron chi connectivity index (χ0n) is 21.6. The third kappa shape index (κ3) is 5.47. The van der Waals surface area contributed by atoms with E-state index >= 15 is 0 Å². The van der Waals surface area contributed by atoms with E-state index in [9.17, 15) is 14.1 Å². The summed E-state index contributed by atoms with van der Waals surface area (Å²) >= 11 is -0.989. The van der Waals surface area contributed by atoms with Crippen molar-refractivity contribution >= 4 is 33.9 Å². The number of hydrogen-bond donors (Lipinski definition) is 3. The minimum absolute atomic E-state index is 0.177. The number of aromatic nitrogens is 3. The maximum atomic E-state index is 13.1. The molecule has 0 saturated carbocycles. The van der Waals surface area contributed by atoms with Gasteiger partial charge in [-0.15, -0.1) is 0 Å². The lowest BCUT2D eigenvalue weighted by molar-refractivity contribution is 0.600. The number of benzene rings is 1. The summed E-state index contributed by atoms with van der Waals surface area (Å²) in [5, 5.41) is 11.7. The summed E-state index contributed by atoms with van der Waals surface area (Å²) in [7, 11) is 3.38. The van der Waals surface area contributed by atoms with Crippen molar-refractivity contribution in [3.8, 4) is 22.3 Å². The molecule has 1 unspecified atom stereocenters. The first-order valence-corrected chi connectivity index (χ1v) is 13.6. The highest BCUT2D eigenvalue weighted by atomic mass is 32.2. The molecule has 0 amide bonds. The molecule has 1 aromatic carbocycles. The van der Waals surface area contributed by atoms with E-state index in [1.165, 1.54) is 15.3 Å². The summed E-state index contributed by atoms with van der Waals surface area (Å²) in [5.74, 6) is 0.434. The number of allylic oxidation sites excluding steroid dienone is 1. The smallest absolute Gasteiger partial charge is 0.274 e. The summed E-state index contributed by atoms with van der Waals surface area (Å²) in [6, 6.07) is 11.4. The second kappa shape index (κ2) is 10.7. The third-order valence-corrected chi connectivity index (χ3v) is 6.87. The number of aromatic amines is 1. The van der Waals surface area contributed by atoms with Crippen LogP contribution >= 0.6 is 0 Å². The first kappa shape index (κ1) is 26.2. The van der Waals surface area contributed by atoms with Crippen LogP contribution in [0, 0.1) is 5.41 Å². The number of hydrogen-bond acceptors (Lipinski definition) is 5. The number of pyridine rings is 2. The number of H-pyrrole nitrogens is 1. The van der Waals surface area contributed by atoms with Gasteiger partial charge in [0.05, 0.1) is 6.26 Å². The molecule has 0 spiro atoms. The van der Waals surface area contributed by atoms with Crippen molar-refractivity contribution in [3.05, 3.63) is 87.0 Å². The molecule has 0 radical (unpaired) electrons. The topological polar surface area (TPSA) is 119 Å². The van der Waals surface area contributed by atoms with E-state index < -0.39 is 11.2 Å². The lowest BCUT2D eigenvalue weighted by Crippen LogP contribution is -2.18. The summed E-state index contributed by atoms with van der Waals surface area (Å²) < 4.78 is 14.9. The molecule has 3 N–H and O–H groups in total. The van der Waals surface area contributed by atoms with E-state index in [-0.39, 0.29) is 17.2 Å². The summed E-state index contributed by atoms with van der Waals surface area (Å²) in [6.07, 6.45) is 8.19. The van der Waals surface area contributed by atoms with E-state index in [0.717, 1.165) is 22.3 Å². The molecule has 9 heteroatoms. The first-order chi connectivity index (χ1) is 17.6. The third-order valence-electron chi connectivity index (χ3n) is 6.13. The highest BCUT2D eigenvalue weighted by Crippen LogP contribution is 2.35. The lowest BCUT2D eigenvalue weighted by atomic mass is 9.94. The van der Waals surface area contributed by atoms with Gasteiger partial charge in [0.2, 0.25) is 0 Å². The fourth-order valence-electron chi connectivity index (χ4n) is 4.30. The highest BCUT2D eigenvalue weighted by Gasteiger charge is 2.18. The van der Waals surface area contributed by atoms with Crippen molar-refractivity contribution in [2.75, 3.05) is 6.26 Å². The Morgan fingerprint density at radius 3 is 2.51 bits per heavy atom. The van der Waals surface area contributed by atoms with Crippen molar-refractivity contribution < 1.29 is 4.55 Å². The van der Waals surface area contributed by atoms with Crippen LogP contribution in [0.4, 0.5) is 0 Å². The molecule has 1 atom stereocenters. The first-order valence-electron chi connectivity index (χ1n) is 11.9. The maximum absolute atomic E-state index is 13.1. The van der Waals surface area contributed by atoms with Crippen LogP contribution < -0.4 is 16.4 Å². The molecule has 0 aliphatic rings. The van der Waals surface area contributed by atoms with Crippen LogP contribution in [-0.2, 0) is 31.0 Å². The van der Waals surface area contributed by atoms with Gasteiger partial charge in [0.15, 0.2) is 0 Å². The molecule has 0 aliphatic carbocycles. The number of aryl methyl sites for hydroxylation is 2. The van der Waals surface area contributed by atoms with Crippen LogP contribution in [0.15, 0.2) is 64.6 Å². The van der Waals surface area contributed by atoms with Gasteiger partial charge in [0, 0.05) is 84.4 Å². The van der Waals surface area contributed by atoms with E-state index in [1.54, 1.807) is 45.0 Å². The molecule has 3 aromatic heterocycles. The van der Waals surface area contributed by atoms with Gasteiger partial charge in [-0.3, -0.25) is 9.59 Å². The molecule has 0 bridgehead atoms. The normalized spacial score (nSPS) is 12.8. The average Bonchev–Trinajstić information content (AvgIpc) is 3.28. The molecule has 4 aromatic rings. The fraction of sp³-hybridized carbons (Fsp3) is 0.250. The molecular weight excluding hydrogens is 486 g/mol. The van der Waals surface area contributed by atoms with Crippen molar-refractivity contribution in [2.24, 2.45) is 14.1 Å². The van der Waals surface area contributed by atoms with Gasteiger partial charge >= 0.3 is 0 Å². The second-order valence-electron chi connectivity index (χ2n) is 9.46. The molecular formula is C28H31N5O3S. The van der Waals surface area contributed by atoms with Crippen LogP contribution in [0.25, 0.3) is 38.7 Å². The standard InChI is InChI=1S/C28H31N5O3S/c1-17(2)30-13-20(12-29)25-10-22-24(15-33(4)28(35)27(22)31-25)21-11-26(34)32(3)14-23(21)19-8-6-7-18(9-19)16-37(5)36/h6-15,17,29-31H,16H2,1-5H3/b20-13+,29-12?. The Balaban J connectivity index is 1.99. The van der Waals surface area contributed by atoms with Crippen LogP contribution in [0.5, 0.6) is 0 Å². The van der Waals surface area contributed by atoms with E-state index in [4.69, 9.17) is 5.41 Å². The molecule has 37 heavy (non-hydrogen) atoms. The Kier molecular flexibility index (Phi) is 7.56. The number of nitrogens with one attached hydrogen (secondary N) is 3. The lowest BCUT2D eigenvalue weighted by Gasteiger charge is -2.15. The Labute approximate surface area is 218 Å². The monoisotopic (exact) mass is 517 g/mol. The minimum Gasteiger partial charge on any atom is -0.616 e. The van der Waals surface area contributed by atoms with Crippen LogP contribution in [0.2, 0.25) is 0 Å². The van der Waals surface area contributed by atoms with Gasteiger partial charge in [0.25, 0.3) is 11.1 Å². The van der Waals surface area contributed by atoms with Crippen LogP contribution in [0.3, 0.4) is 0 Å². The molecule has 192 valence electrons. The molecule has 3 heterocycles. The van der Waals surface area contributed by atoms with Crippen molar-refractivity contribution in [3.63, 3.8) is 0 Å². The minimum atomic E-state index is -0.989. The highest BCUT2D eigenvalue weighted by molar-refractivity contribution is 7.89. The Bertz CT molecular complexity index is 1630. The van der Waals surface area contributed by atoms with Gasteiger partial charge in [0.1, 0.15) is 11.3 Å². The zero-order valence-corrected chi connectivity index (χ0v) is 22.4. The Morgan fingerprint density at radius 1 is 1.11 bits per heavy atom. The van der Waals surface area contributed by atoms with Gasteiger partial charge in [-0.05, 0) is 37.1 Å². The zero-order chi connectivity index (χ0) is 26.9. The Hall–Kier alpha value is -3.82. The maximum Gasteiger partial charge on any atom is 0.274 e. The Morgan fingerprint density at radius 2 is 1.84 bits per heavy atom.